The van der Waals surface area contributed by atoms with Crippen molar-refractivity contribution in [3.8, 4) is 0 Å². The van der Waals surface area contributed by atoms with E-state index in [9.17, 15) is 9.59 Å². The third-order valence-corrected chi connectivity index (χ3v) is 4.36. The second-order valence-corrected chi connectivity index (χ2v) is 6.13. The fourth-order valence-corrected chi connectivity index (χ4v) is 2.92. The number of nitrogens with zero attached hydrogens (tertiary/aromatic N) is 1. The number of para-hydroxylation sites is 1. The maximum Gasteiger partial charge on any atom is 0.329 e. The lowest BCUT2D eigenvalue weighted by atomic mass is 10.0. The number of nitrogens with one attached hydrogen (secondary N) is 2. The lowest BCUT2D eigenvalue weighted by molar-refractivity contribution is -0.136. The van der Waals surface area contributed by atoms with Crippen molar-refractivity contribution >= 4 is 34.0 Å². The topological polar surface area (TPSA) is 70.6 Å². The Labute approximate surface area is 158 Å². The summed E-state index contributed by atoms with van der Waals surface area (Å²) < 4.78 is 0. The van der Waals surface area contributed by atoms with Crippen LogP contribution in [0.2, 0.25) is 0 Å². The number of hydrazone groups is 1. The van der Waals surface area contributed by atoms with Crippen molar-refractivity contribution in [3.05, 3.63) is 77.9 Å². The number of benzene rings is 3. The smallest absolute Gasteiger partial charge is 0.317 e. The van der Waals surface area contributed by atoms with Crippen LogP contribution in [0, 0.1) is 0 Å². The quantitative estimate of drug-likeness (QED) is 0.422. The predicted octanol–water partition coefficient (Wildman–Crippen LogP) is 3.88. The van der Waals surface area contributed by atoms with Crippen LogP contribution in [0.15, 0.2) is 71.8 Å². The van der Waals surface area contributed by atoms with Crippen molar-refractivity contribution in [2.75, 3.05) is 5.32 Å². The summed E-state index contributed by atoms with van der Waals surface area (Å²) in [6.45, 7) is 3.79. The average molecular weight is 359 g/mol. The van der Waals surface area contributed by atoms with Gasteiger partial charge in [-0.1, -0.05) is 67.6 Å². The highest BCUT2D eigenvalue weighted by molar-refractivity contribution is 6.39. The van der Waals surface area contributed by atoms with Gasteiger partial charge in [-0.25, -0.2) is 5.43 Å². The third-order valence-electron chi connectivity index (χ3n) is 4.36. The third kappa shape index (κ3) is 4.20. The van der Waals surface area contributed by atoms with Crippen LogP contribution in [0.25, 0.3) is 10.8 Å². The first-order chi connectivity index (χ1) is 13.1. The summed E-state index contributed by atoms with van der Waals surface area (Å²) in [5.74, 6) is -1.55. The van der Waals surface area contributed by atoms with Gasteiger partial charge in [0.05, 0.1) is 5.71 Å². The molecule has 0 unspecified atom stereocenters. The lowest BCUT2D eigenvalue weighted by Gasteiger charge is -2.09. The number of carbonyl (C=O) groups is 2. The number of carbonyl (C=O) groups excluding carboxylic acids is 2. The maximum atomic E-state index is 12.1. The second kappa shape index (κ2) is 8.27. The van der Waals surface area contributed by atoms with Crippen LogP contribution >= 0.6 is 0 Å². The minimum atomic E-state index is -0.805. The van der Waals surface area contributed by atoms with Gasteiger partial charge in [-0.2, -0.15) is 5.10 Å². The molecule has 0 aliphatic rings. The van der Waals surface area contributed by atoms with Crippen molar-refractivity contribution < 1.29 is 9.59 Å². The van der Waals surface area contributed by atoms with Gasteiger partial charge >= 0.3 is 11.8 Å². The molecule has 0 aliphatic carbocycles. The molecule has 3 aromatic carbocycles. The highest BCUT2D eigenvalue weighted by atomic mass is 16.2. The highest BCUT2D eigenvalue weighted by Crippen LogP contribution is 2.19. The zero-order valence-electron chi connectivity index (χ0n) is 15.3. The molecule has 5 nitrogen and oxygen atoms in total. The number of fused-ring (bicyclic) bond motifs is 1. The van der Waals surface area contributed by atoms with E-state index >= 15 is 0 Å². The van der Waals surface area contributed by atoms with E-state index in [1.165, 1.54) is 0 Å². The molecule has 0 saturated carbocycles. The zero-order chi connectivity index (χ0) is 19.2. The summed E-state index contributed by atoms with van der Waals surface area (Å²) in [5.41, 5.74) is 5.48. The fourth-order valence-electron chi connectivity index (χ4n) is 2.92. The van der Waals surface area contributed by atoms with Crippen molar-refractivity contribution in [3.63, 3.8) is 0 Å². The molecule has 0 bridgehead atoms. The first-order valence-corrected chi connectivity index (χ1v) is 8.81. The first kappa shape index (κ1) is 18.3. The molecule has 0 radical (unpaired) electrons. The van der Waals surface area contributed by atoms with Gasteiger partial charge in [0, 0.05) is 11.3 Å². The number of aryl methyl sites for hydroxylation is 1. The van der Waals surface area contributed by atoms with Crippen LogP contribution in [-0.2, 0) is 16.0 Å². The molecular weight excluding hydrogens is 338 g/mol. The standard InChI is InChI=1S/C22H21N3O2/c1-3-16-9-5-7-14-20(16)23-21(26)22(27)25-24-15(2)18-13-8-11-17-10-4-6-12-19(17)18/h4-14H,3H2,1-2H3,(H,23,26)(H,25,27)/b24-15+. The molecule has 3 rings (SSSR count). The fraction of sp³-hybridized carbons (Fsp3) is 0.136. The first-order valence-electron chi connectivity index (χ1n) is 8.81. The van der Waals surface area contributed by atoms with E-state index in [2.05, 4.69) is 15.8 Å². The van der Waals surface area contributed by atoms with E-state index in [1.807, 2.05) is 67.6 Å². The molecule has 0 fully saturated rings. The van der Waals surface area contributed by atoms with Gasteiger partial charge in [-0.3, -0.25) is 9.59 Å². The summed E-state index contributed by atoms with van der Waals surface area (Å²) in [6.07, 6.45) is 0.760. The van der Waals surface area contributed by atoms with Crippen LogP contribution in [0.4, 0.5) is 5.69 Å². The zero-order valence-corrected chi connectivity index (χ0v) is 15.3. The van der Waals surface area contributed by atoms with E-state index in [1.54, 1.807) is 13.0 Å². The van der Waals surface area contributed by atoms with Crippen LogP contribution in [-0.4, -0.2) is 17.5 Å². The van der Waals surface area contributed by atoms with Gasteiger partial charge in [0.15, 0.2) is 0 Å². The van der Waals surface area contributed by atoms with E-state index in [0.29, 0.717) is 11.4 Å². The normalized spacial score (nSPS) is 11.3. The van der Waals surface area contributed by atoms with Crippen LogP contribution in [0.3, 0.4) is 0 Å². The van der Waals surface area contributed by atoms with Gasteiger partial charge < -0.3 is 5.32 Å². The van der Waals surface area contributed by atoms with Gasteiger partial charge in [0.2, 0.25) is 0 Å². The molecule has 27 heavy (non-hydrogen) atoms. The number of hydrogen-bond donors (Lipinski definition) is 2. The molecule has 2 amide bonds. The van der Waals surface area contributed by atoms with E-state index in [0.717, 1.165) is 28.3 Å². The minimum Gasteiger partial charge on any atom is -0.317 e. The van der Waals surface area contributed by atoms with Crippen LogP contribution in [0.1, 0.15) is 25.0 Å². The molecule has 0 aromatic heterocycles. The summed E-state index contributed by atoms with van der Waals surface area (Å²) in [4.78, 5) is 24.3. The Kier molecular flexibility index (Phi) is 5.61. The molecule has 2 N–H and O–H groups in total. The molecule has 5 heteroatoms. The molecule has 0 spiro atoms. The SMILES string of the molecule is CCc1ccccc1NC(=O)C(=O)N/N=C(\C)c1cccc2ccccc12. The van der Waals surface area contributed by atoms with Crippen molar-refractivity contribution in [2.24, 2.45) is 5.10 Å². The van der Waals surface area contributed by atoms with Crippen molar-refractivity contribution in [1.29, 1.82) is 0 Å². The molecule has 3 aromatic rings. The van der Waals surface area contributed by atoms with Crippen molar-refractivity contribution in [1.82, 2.24) is 5.43 Å². The van der Waals surface area contributed by atoms with E-state index in [-0.39, 0.29) is 0 Å². The number of rotatable bonds is 4. The Bertz CT molecular complexity index is 1020. The molecule has 0 aliphatic heterocycles. The molecule has 0 heterocycles. The molecular formula is C22H21N3O2. The molecule has 136 valence electrons. The summed E-state index contributed by atoms with van der Waals surface area (Å²) in [7, 11) is 0. The van der Waals surface area contributed by atoms with Crippen LogP contribution < -0.4 is 10.7 Å². The van der Waals surface area contributed by atoms with Gasteiger partial charge in [-0.05, 0) is 35.7 Å². The maximum absolute atomic E-state index is 12.1. The Morgan fingerprint density at radius 2 is 1.59 bits per heavy atom. The number of hydrogen-bond acceptors (Lipinski definition) is 3. The Morgan fingerprint density at radius 1 is 0.889 bits per heavy atom. The largest absolute Gasteiger partial charge is 0.329 e. The van der Waals surface area contributed by atoms with Crippen molar-refractivity contribution in [2.45, 2.75) is 20.3 Å². The predicted molar refractivity (Wildman–Crippen MR) is 109 cm³/mol. The van der Waals surface area contributed by atoms with Crippen LogP contribution in [0.5, 0.6) is 0 Å². The van der Waals surface area contributed by atoms with E-state index in [4.69, 9.17) is 0 Å². The van der Waals surface area contributed by atoms with Gasteiger partial charge in [0.1, 0.15) is 0 Å². The number of amides is 2. The van der Waals surface area contributed by atoms with Gasteiger partial charge in [-0.15, -0.1) is 0 Å². The summed E-state index contributed by atoms with van der Waals surface area (Å²) >= 11 is 0. The molecule has 0 saturated heterocycles. The lowest BCUT2D eigenvalue weighted by Crippen LogP contribution is -2.33. The Hall–Kier alpha value is -3.47. The summed E-state index contributed by atoms with van der Waals surface area (Å²) in [6, 6.07) is 21.2. The van der Waals surface area contributed by atoms with E-state index < -0.39 is 11.8 Å². The minimum absolute atomic E-state index is 0.627. The van der Waals surface area contributed by atoms with Gasteiger partial charge in [0.25, 0.3) is 0 Å². The Morgan fingerprint density at radius 3 is 2.41 bits per heavy atom. The summed E-state index contributed by atoms with van der Waals surface area (Å²) in [5, 5.41) is 8.87. The number of anilines is 1. The second-order valence-electron chi connectivity index (χ2n) is 6.13. The molecule has 0 atom stereocenters. The Balaban J connectivity index is 1.72. The monoisotopic (exact) mass is 359 g/mol. The highest BCUT2D eigenvalue weighted by Gasteiger charge is 2.15. The average Bonchev–Trinajstić information content (AvgIpc) is 2.71.